The van der Waals surface area contributed by atoms with Crippen molar-refractivity contribution in [3.8, 4) is 11.3 Å². The summed E-state index contributed by atoms with van der Waals surface area (Å²) in [5.74, 6) is 0. The number of hydrogen-bond donors (Lipinski definition) is 1. The number of nitrogens with zero attached hydrogens (tertiary/aromatic N) is 1. The van der Waals surface area contributed by atoms with Crippen molar-refractivity contribution in [1.82, 2.24) is 10.2 Å². The van der Waals surface area contributed by atoms with Crippen LogP contribution < -0.4 is 0 Å². The molecule has 0 saturated carbocycles. The van der Waals surface area contributed by atoms with Crippen LogP contribution >= 0.6 is 31.9 Å². The Labute approximate surface area is 99.0 Å². The second-order valence-electron chi connectivity index (χ2n) is 2.92. The summed E-state index contributed by atoms with van der Waals surface area (Å²) in [6.07, 6.45) is 0. The zero-order valence-electron chi connectivity index (χ0n) is 7.30. The molecule has 2 rings (SSSR count). The molecule has 1 aromatic carbocycles. The van der Waals surface area contributed by atoms with E-state index in [4.69, 9.17) is 0 Å². The molecule has 72 valence electrons. The van der Waals surface area contributed by atoms with E-state index in [0.29, 0.717) is 0 Å². The molecular formula is C10H8Br2N2. The predicted molar refractivity (Wildman–Crippen MR) is 64.4 cm³/mol. The van der Waals surface area contributed by atoms with Crippen LogP contribution in [0.3, 0.4) is 0 Å². The Hall–Kier alpha value is -0.610. The molecule has 0 aliphatic rings. The van der Waals surface area contributed by atoms with Crippen LogP contribution in [0.4, 0.5) is 0 Å². The topological polar surface area (TPSA) is 28.7 Å². The minimum atomic E-state index is 0.802. The van der Waals surface area contributed by atoms with Gasteiger partial charge in [-0.1, -0.05) is 44.0 Å². The van der Waals surface area contributed by atoms with Crippen LogP contribution in [-0.4, -0.2) is 10.2 Å². The lowest BCUT2D eigenvalue weighted by Crippen LogP contribution is -1.76. The van der Waals surface area contributed by atoms with Gasteiger partial charge in [0.05, 0.1) is 5.69 Å². The number of aromatic amines is 1. The summed E-state index contributed by atoms with van der Waals surface area (Å²) in [4.78, 5) is 0. The lowest BCUT2D eigenvalue weighted by Gasteiger charge is -1.95. The van der Waals surface area contributed by atoms with E-state index < -0.39 is 0 Å². The Bertz CT molecular complexity index is 420. The van der Waals surface area contributed by atoms with E-state index in [2.05, 4.69) is 42.1 Å². The van der Waals surface area contributed by atoms with Crippen LogP contribution in [0.25, 0.3) is 11.3 Å². The van der Waals surface area contributed by atoms with Gasteiger partial charge in [0.1, 0.15) is 0 Å². The molecular weight excluding hydrogens is 308 g/mol. The van der Waals surface area contributed by atoms with Gasteiger partial charge in [0.25, 0.3) is 0 Å². The lowest BCUT2D eigenvalue weighted by atomic mass is 10.1. The molecule has 0 aliphatic heterocycles. The van der Waals surface area contributed by atoms with E-state index in [1.54, 1.807) is 0 Å². The quantitative estimate of drug-likeness (QED) is 0.840. The fraction of sp³-hybridized carbons (Fsp3) is 0.100. The Morgan fingerprint density at radius 2 is 1.93 bits per heavy atom. The fourth-order valence-corrected chi connectivity index (χ4v) is 1.75. The SMILES string of the molecule is BrCc1cc(-c2ccc(Br)cc2)n[nH]1. The lowest BCUT2D eigenvalue weighted by molar-refractivity contribution is 1.04. The molecule has 14 heavy (non-hydrogen) atoms. The van der Waals surface area contributed by atoms with Crippen molar-refractivity contribution in [3.63, 3.8) is 0 Å². The van der Waals surface area contributed by atoms with Crippen LogP contribution in [0.5, 0.6) is 0 Å². The van der Waals surface area contributed by atoms with E-state index in [-0.39, 0.29) is 0 Å². The van der Waals surface area contributed by atoms with Gasteiger partial charge in [-0.3, -0.25) is 5.10 Å². The summed E-state index contributed by atoms with van der Waals surface area (Å²) in [5, 5.41) is 7.98. The summed E-state index contributed by atoms with van der Waals surface area (Å²) in [6.45, 7) is 0. The standard InChI is InChI=1S/C10H8Br2N2/c11-6-9-5-10(14-13-9)7-1-3-8(12)4-2-7/h1-5H,6H2,(H,13,14). The van der Waals surface area contributed by atoms with Crippen molar-refractivity contribution < 1.29 is 0 Å². The third kappa shape index (κ3) is 2.07. The van der Waals surface area contributed by atoms with Crippen LogP contribution in [0.1, 0.15) is 5.69 Å². The first kappa shape index (κ1) is 9.93. The average Bonchev–Trinajstić information content (AvgIpc) is 2.67. The van der Waals surface area contributed by atoms with Gasteiger partial charge < -0.3 is 0 Å². The highest BCUT2D eigenvalue weighted by atomic mass is 79.9. The van der Waals surface area contributed by atoms with Crippen molar-refractivity contribution in [2.24, 2.45) is 0 Å². The van der Waals surface area contributed by atoms with Crippen molar-refractivity contribution >= 4 is 31.9 Å². The van der Waals surface area contributed by atoms with E-state index in [9.17, 15) is 0 Å². The Kier molecular flexibility index (Phi) is 3.03. The second-order valence-corrected chi connectivity index (χ2v) is 4.40. The van der Waals surface area contributed by atoms with Gasteiger partial charge in [-0.2, -0.15) is 5.10 Å². The van der Waals surface area contributed by atoms with Gasteiger partial charge in [-0.25, -0.2) is 0 Å². The molecule has 0 amide bonds. The van der Waals surface area contributed by atoms with Gasteiger partial charge in [0, 0.05) is 21.1 Å². The molecule has 0 bridgehead atoms. The summed E-state index contributed by atoms with van der Waals surface area (Å²) in [5.41, 5.74) is 3.19. The molecule has 1 N–H and O–H groups in total. The van der Waals surface area contributed by atoms with E-state index in [0.717, 1.165) is 26.8 Å². The first-order chi connectivity index (χ1) is 6.79. The molecule has 0 fully saturated rings. The third-order valence-corrected chi connectivity index (χ3v) is 3.05. The second kappa shape index (κ2) is 4.28. The summed E-state index contributed by atoms with van der Waals surface area (Å²) < 4.78 is 1.08. The van der Waals surface area contributed by atoms with Gasteiger partial charge in [-0.15, -0.1) is 0 Å². The number of alkyl halides is 1. The number of hydrogen-bond acceptors (Lipinski definition) is 1. The van der Waals surface area contributed by atoms with Crippen LogP contribution in [0.15, 0.2) is 34.8 Å². The third-order valence-electron chi connectivity index (χ3n) is 1.91. The molecule has 2 nitrogen and oxygen atoms in total. The highest BCUT2D eigenvalue weighted by Crippen LogP contribution is 2.20. The van der Waals surface area contributed by atoms with E-state index >= 15 is 0 Å². The maximum atomic E-state index is 4.22. The van der Waals surface area contributed by atoms with Gasteiger partial charge >= 0.3 is 0 Å². The molecule has 0 radical (unpaired) electrons. The first-order valence-corrected chi connectivity index (χ1v) is 6.07. The zero-order valence-corrected chi connectivity index (χ0v) is 10.5. The minimum absolute atomic E-state index is 0.802. The molecule has 4 heteroatoms. The Balaban J connectivity index is 2.34. The maximum absolute atomic E-state index is 4.22. The van der Waals surface area contributed by atoms with Gasteiger partial charge in [-0.05, 0) is 18.2 Å². The summed E-state index contributed by atoms with van der Waals surface area (Å²) in [6, 6.07) is 10.1. The molecule has 0 spiro atoms. The number of benzene rings is 1. The molecule has 0 atom stereocenters. The van der Waals surface area contributed by atoms with Crippen molar-refractivity contribution in [3.05, 3.63) is 40.5 Å². The van der Waals surface area contributed by atoms with Crippen LogP contribution in [0.2, 0.25) is 0 Å². The Morgan fingerprint density at radius 1 is 1.21 bits per heavy atom. The van der Waals surface area contributed by atoms with Gasteiger partial charge in [0.15, 0.2) is 0 Å². The van der Waals surface area contributed by atoms with Crippen molar-refractivity contribution in [2.45, 2.75) is 5.33 Å². The van der Waals surface area contributed by atoms with E-state index in [1.807, 2.05) is 30.3 Å². The molecule has 2 aromatic rings. The summed E-state index contributed by atoms with van der Waals surface area (Å²) >= 11 is 6.78. The average molecular weight is 316 g/mol. The number of H-pyrrole nitrogens is 1. The van der Waals surface area contributed by atoms with Gasteiger partial charge in [0.2, 0.25) is 0 Å². The number of nitrogens with one attached hydrogen (secondary N) is 1. The van der Waals surface area contributed by atoms with Crippen molar-refractivity contribution in [1.29, 1.82) is 0 Å². The van der Waals surface area contributed by atoms with Crippen LogP contribution in [0, 0.1) is 0 Å². The zero-order chi connectivity index (χ0) is 9.97. The maximum Gasteiger partial charge on any atom is 0.0923 e. The van der Waals surface area contributed by atoms with Crippen molar-refractivity contribution in [2.75, 3.05) is 0 Å². The Morgan fingerprint density at radius 3 is 2.50 bits per heavy atom. The first-order valence-electron chi connectivity index (χ1n) is 4.16. The summed E-state index contributed by atoms with van der Waals surface area (Å²) in [7, 11) is 0. The minimum Gasteiger partial charge on any atom is -0.281 e. The van der Waals surface area contributed by atoms with Crippen LogP contribution in [-0.2, 0) is 5.33 Å². The highest BCUT2D eigenvalue weighted by molar-refractivity contribution is 9.10. The molecule has 1 aromatic heterocycles. The monoisotopic (exact) mass is 314 g/mol. The molecule has 0 saturated heterocycles. The predicted octanol–water partition coefficient (Wildman–Crippen LogP) is 3.73. The largest absolute Gasteiger partial charge is 0.281 e. The number of halogens is 2. The molecule has 0 unspecified atom stereocenters. The molecule has 0 aliphatic carbocycles. The molecule has 1 heterocycles. The highest BCUT2D eigenvalue weighted by Gasteiger charge is 2.02. The number of aromatic nitrogens is 2. The number of rotatable bonds is 2. The normalized spacial score (nSPS) is 10.4. The van der Waals surface area contributed by atoms with E-state index in [1.165, 1.54) is 0 Å². The smallest absolute Gasteiger partial charge is 0.0923 e. The fourth-order valence-electron chi connectivity index (χ4n) is 1.20.